The average molecular weight is 422 g/mol. The summed E-state index contributed by atoms with van der Waals surface area (Å²) in [5.41, 5.74) is 3.60. The van der Waals surface area contributed by atoms with Crippen LogP contribution in [-0.4, -0.2) is 38.1 Å². The Morgan fingerprint density at radius 2 is 2.00 bits per heavy atom. The van der Waals surface area contributed by atoms with E-state index in [1.165, 1.54) is 19.3 Å². The van der Waals surface area contributed by atoms with Gasteiger partial charge in [0.15, 0.2) is 0 Å². The van der Waals surface area contributed by atoms with Crippen molar-refractivity contribution in [2.45, 2.75) is 51.7 Å². The molecule has 0 unspecified atom stereocenters. The van der Waals surface area contributed by atoms with E-state index in [1.54, 1.807) is 26.3 Å². The van der Waals surface area contributed by atoms with Crippen LogP contribution in [0.2, 0.25) is 0 Å². The molecule has 8 heteroatoms. The lowest BCUT2D eigenvalue weighted by molar-refractivity contribution is -0.132. The minimum atomic E-state index is -0.937. The van der Waals surface area contributed by atoms with E-state index in [2.05, 4.69) is 19.9 Å². The molecular formula is C23H26N4O4. The van der Waals surface area contributed by atoms with E-state index in [9.17, 15) is 4.79 Å². The van der Waals surface area contributed by atoms with Gasteiger partial charge in [-0.1, -0.05) is 48.7 Å². The van der Waals surface area contributed by atoms with E-state index in [4.69, 9.17) is 14.4 Å². The average Bonchev–Trinajstić information content (AvgIpc) is 3.42. The SMILES string of the molecule is COCc1c(-c2nc(-c3ccc(C=C(C)C(=O)O)cc3)no2)cnn1C1CCCCC1. The molecule has 8 nitrogen and oxygen atoms in total. The third-order valence-corrected chi connectivity index (χ3v) is 5.65. The van der Waals surface area contributed by atoms with Crippen molar-refractivity contribution in [2.75, 3.05) is 7.11 Å². The summed E-state index contributed by atoms with van der Waals surface area (Å²) in [5, 5.41) is 17.8. The first-order chi connectivity index (χ1) is 15.1. The molecule has 3 aromatic rings. The molecule has 0 radical (unpaired) electrons. The minimum Gasteiger partial charge on any atom is -0.478 e. The molecule has 2 aromatic heterocycles. The van der Waals surface area contributed by atoms with Crippen LogP contribution in [0.1, 0.15) is 56.3 Å². The van der Waals surface area contributed by atoms with Gasteiger partial charge < -0.3 is 14.4 Å². The van der Waals surface area contributed by atoms with E-state index in [0.717, 1.165) is 35.2 Å². The molecule has 1 aromatic carbocycles. The lowest BCUT2D eigenvalue weighted by Crippen LogP contribution is -2.17. The van der Waals surface area contributed by atoms with Crippen LogP contribution in [0.5, 0.6) is 0 Å². The quantitative estimate of drug-likeness (QED) is 0.549. The smallest absolute Gasteiger partial charge is 0.331 e. The Bertz CT molecular complexity index is 1080. The number of aromatic nitrogens is 4. The van der Waals surface area contributed by atoms with E-state index in [0.29, 0.717) is 24.4 Å². The molecular weight excluding hydrogens is 396 g/mol. The lowest BCUT2D eigenvalue weighted by Gasteiger charge is -2.24. The van der Waals surface area contributed by atoms with Crippen LogP contribution in [0, 0.1) is 0 Å². The summed E-state index contributed by atoms with van der Waals surface area (Å²) < 4.78 is 13.1. The molecule has 0 saturated heterocycles. The normalized spacial score (nSPS) is 15.4. The van der Waals surface area contributed by atoms with Gasteiger partial charge in [0, 0.05) is 18.2 Å². The van der Waals surface area contributed by atoms with Crippen molar-refractivity contribution < 1.29 is 19.2 Å². The van der Waals surface area contributed by atoms with E-state index < -0.39 is 5.97 Å². The Kier molecular flexibility index (Phi) is 6.27. The maximum Gasteiger partial charge on any atom is 0.331 e. The van der Waals surface area contributed by atoms with Crippen molar-refractivity contribution in [3.8, 4) is 22.8 Å². The fourth-order valence-corrected chi connectivity index (χ4v) is 3.98. The maximum atomic E-state index is 11.0. The highest BCUT2D eigenvalue weighted by atomic mass is 16.5. The zero-order chi connectivity index (χ0) is 21.8. The number of hydrogen-bond acceptors (Lipinski definition) is 6. The molecule has 1 saturated carbocycles. The molecule has 0 atom stereocenters. The van der Waals surface area contributed by atoms with Gasteiger partial charge in [0.1, 0.15) is 0 Å². The monoisotopic (exact) mass is 422 g/mol. The van der Waals surface area contributed by atoms with Crippen molar-refractivity contribution in [3.05, 3.63) is 47.3 Å². The number of carboxylic acids is 1. The molecule has 0 amide bonds. The van der Waals surface area contributed by atoms with Gasteiger partial charge in [0.05, 0.1) is 30.1 Å². The molecule has 1 aliphatic rings. The first-order valence-electron chi connectivity index (χ1n) is 10.5. The number of rotatable bonds is 7. The first-order valence-corrected chi connectivity index (χ1v) is 10.5. The van der Waals surface area contributed by atoms with Gasteiger partial charge in [-0.05, 0) is 31.4 Å². The summed E-state index contributed by atoms with van der Waals surface area (Å²) in [6.45, 7) is 1.99. The second-order valence-electron chi connectivity index (χ2n) is 7.85. The zero-order valence-electron chi connectivity index (χ0n) is 17.7. The molecule has 1 N–H and O–H groups in total. The maximum absolute atomic E-state index is 11.0. The van der Waals surface area contributed by atoms with Crippen molar-refractivity contribution in [3.63, 3.8) is 0 Å². The second kappa shape index (κ2) is 9.26. The first kappa shape index (κ1) is 21.0. The molecule has 162 valence electrons. The van der Waals surface area contributed by atoms with Crippen molar-refractivity contribution in [1.82, 2.24) is 19.9 Å². The molecule has 0 spiro atoms. The Labute approximate surface area is 180 Å². The number of ether oxygens (including phenoxy) is 1. The number of benzene rings is 1. The number of carbonyl (C=O) groups is 1. The van der Waals surface area contributed by atoms with Gasteiger partial charge in [-0.15, -0.1) is 0 Å². The molecule has 1 fully saturated rings. The molecule has 0 aliphatic heterocycles. The summed E-state index contributed by atoms with van der Waals surface area (Å²) in [6, 6.07) is 7.73. The zero-order valence-corrected chi connectivity index (χ0v) is 17.7. The minimum absolute atomic E-state index is 0.273. The highest BCUT2D eigenvalue weighted by Crippen LogP contribution is 2.33. The van der Waals surface area contributed by atoms with Crippen LogP contribution < -0.4 is 0 Å². The van der Waals surface area contributed by atoms with E-state index in [-0.39, 0.29) is 5.57 Å². The summed E-state index contributed by atoms with van der Waals surface area (Å²) in [7, 11) is 1.67. The van der Waals surface area contributed by atoms with Gasteiger partial charge in [-0.3, -0.25) is 4.68 Å². The Morgan fingerprint density at radius 1 is 1.26 bits per heavy atom. The molecule has 2 heterocycles. The summed E-state index contributed by atoms with van der Waals surface area (Å²) in [5.74, 6) is -0.0587. The van der Waals surface area contributed by atoms with Crippen LogP contribution >= 0.6 is 0 Å². The lowest BCUT2D eigenvalue weighted by atomic mass is 9.95. The van der Waals surface area contributed by atoms with Crippen LogP contribution in [-0.2, 0) is 16.1 Å². The summed E-state index contributed by atoms with van der Waals surface area (Å²) in [4.78, 5) is 15.6. The molecule has 1 aliphatic carbocycles. The number of nitrogens with zero attached hydrogens (tertiary/aromatic N) is 4. The highest BCUT2D eigenvalue weighted by molar-refractivity contribution is 5.91. The molecule has 4 rings (SSSR count). The molecule has 31 heavy (non-hydrogen) atoms. The summed E-state index contributed by atoms with van der Waals surface area (Å²) >= 11 is 0. The van der Waals surface area contributed by atoms with Crippen LogP contribution in [0.25, 0.3) is 28.9 Å². The predicted molar refractivity (Wildman–Crippen MR) is 115 cm³/mol. The van der Waals surface area contributed by atoms with E-state index >= 15 is 0 Å². The number of methoxy groups -OCH3 is 1. The summed E-state index contributed by atoms with van der Waals surface area (Å²) in [6.07, 6.45) is 9.35. The fourth-order valence-electron chi connectivity index (χ4n) is 3.98. The van der Waals surface area contributed by atoms with Gasteiger partial charge >= 0.3 is 5.97 Å². The van der Waals surface area contributed by atoms with Gasteiger partial charge in [0.25, 0.3) is 5.89 Å². The fraction of sp³-hybridized carbons (Fsp3) is 0.391. The van der Waals surface area contributed by atoms with E-state index in [1.807, 2.05) is 24.3 Å². The third kappa shape index (κ3) is 4.59. The second-order valence-corrected chi connectivity index (χ2v) is 7.85. The van der Waals surface area contributed by atoms with Crippen molar-refractivity contribution in [1.29, 1.82) is 0 Å². The van der Waals surface area contributed by atoms with Crippen molar-refractivity contribution in [2.24, 2.45) is 0 Å². The Balaban J connectivity index is 1.59. The van der Waals surface area contributed by atoms with Crippen LogP contribution in [0.3, 0.4) is 0 Å². The van der Waals surface area contributed by atoms with Crippen molar-refractivity contribution >= 4 is 12.0 Å². The highest BCUT2D eigenvalue weighted by Gasteiger charge is 2.24. The van der Waals surface area contributed by atoms with Gasteiger partial charge in [-0.25, -0.2) is 4.79 Å². The molecule has 0 bridgehead atoms. The predicted octanol–water partition coefficient (Wildman–Crippen LogP) is 4.74. The van der Waals surface area contributed by atoms with Crippen LogP contribution in [0.15, 0.2) is 40.6 Å². The Morgan fingerprint density at radius 3 is 2.68 bits per heavy atom. The number of carboxylic acid groups (broad SMARTS) is 1. The standard InChI is InChI=1S/C23H26N4O4/c1-15(23(28)29)12-16-8-10-17(11-9-16)21-25-22(31-26-21)19-13-24-27(20(19)14-30-2)18-6-4-3-5-7-18/h8-13,18H,3-7,14H2,1-2H3,(H,28,29). The number of hydrogen-bond donors (Lipinski definition) is 1. The topological polar surface area (TPSA) is 103 Å². The van der Waals surface area contributed by atoms with Crippen LogP contribution in [0.4, 0.5) is 0 Å². The number of aliphatic carboxylic acids is 1. The van der Waals surface area contributed by atoms with Gasteiger partial charge in [0.2, 0.25) is 5.82 Å². The Hall–Kier alpha value is -3.26. The third-order valence-electron chi connectivity index (χ3n) is 5.65. The largest absolute Gasteiger partial charge is 0.478 e. The van der Waals surface area contributed by atoms with Gasteiger partial charge in [-0.2, -0.15) is 10.1 Å².